The van der Waals surface area contributed by atoms with Crippen LogP contribution in [0.15, 0.2) is 0 Å². The Morgan fingerprint density at radius 1 is 1.38 bits per heavy atom. The van der Waals surface area contributed by atoms with Crippen LogP contribution in [0.5, 0.6) is 0 Å². The highest BCUT2D eigenvalue weighted by atomic mass is 16.5. The summed E-state index contributed by atoms with van der Waals surface area (Å²) in [6.07, 6.45) is 1.40. The van der Waals surface area contributed by atoms with Gasteiger partial charge in [-0.1, -0.05) is 5.92 Å². The molecule has 4 heteroatoms. The first kappa shape index (κ1) is 12.4. The number of Topliss-reactive ketones (excluding diaryl/α,β-unsaturated/α-hetero) is 2. The summed E-state index contributed by atoms with van der Waals surface area (Å²) in [7, 11) is 1.25. The lowest BCUT2D eigenvalue weighted by Crippen LogP contribution is -2.28. The van der Waals surface area contributed by atoms with Crippen molar-refractivity contribution in [3.8, 4) is 11.8 Å². The summed E-state index contributed by atoms with van der Waals surface area (Å²) in [6, 6.07) is 0. The van der Waals surface area contributed by atoms with Gasteiger partial charge in [0.05, 0.1) is 12.5 Å². The SMILES string of the molecule is COC(=O)C#CCCC1(C)C(=O)CCC1=O. The van der Waals surface area contributed by atoms with E-state index in [1.54, 1.807) is 6.92 Å². The smallest absolute Gasteiger partial charge is 0.384 e. The molecule has 0 spiro atoms. The van der Waals surface area contributed by atoms with Crippen LogP contribution in [0.25, 0.3) is 0 Å². The quantitative estimate of drug-likeness (QED) is 0.301. The van der Waals surface area contributed by atoms with Crippen LogP contribution in [0.4, 0.5) is 0 Å². The fourth-order valence-corrected chi connectivity index (χ4v) is 1.71. The Balaban J connectivity index is 2.54. The molecule has 0 atom stereocenters. The van der Waals surface area contributed by atoms with Crippen LogP contribution >= 0.6 is 0 Å². The largest absolute Gasteiger partial charge is 0.459 e. The van der Waals surface area contributed by atoms with E-state index in [0.717, 1.165) is 0 Å². The van der Waals surface area contributed by atoms with Crippen molar-refractivity contribution in [2.45, 2.75) is 32.6 Å². The van der Waals surface area contributed by atoms with E-state index in [0.29, 0.717) is 25.7 Å². The molecule has 0 aliphatic heterocycles. The van der Waals surface area contributed by atoms with Gasteiger partial charge in [0.15, 0.2) is 0 Å². The Kier molecular flexibility index (Phi) is 3.83. The zero-order valence-corrected chi connectivity index (χ0v) is 9.46. The third-order valence-electron chi connectivity index (χ3n) is 2.94. The van der Waals surface area contributed by atoms with Gasteiger partial charge in [0.1, 0.15) is 11.6 Å². The molecule has 0 saturated heterocycles. The van der Waals surface area contributed by atoms with Gasteiger partial charge in [-0.25, -0.2) is 4.79 Å². The number of ether oxygens (including phenoxy) is 1. The fraction of sp³-hybridized carbons (Fsp3) is 0.583. The third-order valence-corrected chi connectivity index (χ3v) is 2.94. The number of rotatable bonds is 2. The van der Waals surface area contributed by atoms with Gasteiger partial charge in [0.2, 0.25) is 0 Å². The van der Waals surface area contributed by atoms with Crippen LogP contribution in [0.3, 0.4) is 0 Å². The summed E-state index contributed by atoms with van der Waals surface area (Å²) < 4.78 is 4.34. The number of ketones is 2. The van der Waals surface area contributed by atoms with E-state index in [9.17, 15) is 14.4 Å². The second-order valence-corrected chi connectivity index (χ2v) is 3.97. The van der Waals surface area contributed by atoms with Crippen LogP contribution in [0.2, 0.25) is 0 Å². The molecule has 1 rings (SSSR count). The molecule has 1 fully saturated rings. The molecule has 16 heavy (non-hydrogen) atoms. The predicted octanol–water partition coefficient (Wildman–Crippen LogP) is 0.881. The molecule has 0 bridgehead atoms. The van der Waals surface area contributed by atoms with E-state index in [2.05, 4.69) is 16.6 Å². The molecule has 1 aliphatic rings. The number of carbonyl (C=O) groups is 3. The van der Waals surface area contributed by atoms with Gasteiger partial charge in [-0.15, -0.1) is 0 Å². The zero-order valence-electron chi connectivity index (χ0n) is 9.46. The Hall–Kier alpha value is -1.63. The number of methoxy groups -OCH3 is 1. The molecule has 1 saturated carbocycles. The van der Waals surface area contributed by atoms with Gasteiger partial charge in [-0.3, -0.25) is 9.59 Å². The highest BCUT2D eigenvalue weighted by Crippen LogP contribution is 2.35. The number of hydrogen-bond donors (Lipinski definition) is 0. The standard InChI is InChI=1S/C12H14O4/c1-12(9(13)6-7-10(12)14)8-4-3-5-11(15)16-2/h4,6-8H2,1-2H3. The molecular weight excluding hydrogens is 208 g/mol. The van der Waals surface area contributed by atoms with E-state index in [1.807, 2.05) is 0 Å². The van der Waals surface area contributed by atoms with Crippen LogP contribution < -0.4 is 0 Å². The van der Waals surface area contributed by atoms with E-state index in [1.165, 1.54) is 7.11 Å². The maximum atomic E-state index is 11.5. The number of hydrogen-bond acceptors (Lipinski definition) is 4. The maximum absolute atomic E-state index is 11.5. The average molecular weight is 222 g/mol. The van der Waals surface area contributed by atoms with Crippen LogP contribution in [-0.4, -0.2) is 24.6 Å². The third kappa shape index (κ3) is 2.48. The van der Waals surface area contributed by atoms with Crippen molar-refractivity contribution >= 4 is 17.5 Å². The summed E-state index contributed by atoms with van der Waals surface area (Å²) in [4.78, 5) is 33.7. The second-order valence-electron chi connectivity index (χ2n) is 3.97. The van der Waals surface area contributed by atoms with Crippen molar-refractivity contribution in [3.05, 3.63) is 0 Å². The van der Waals surface area contributed by atoms with Crippen LogP contribution in [0.1, 0.15) is 32.6 Å². The van der Waals surface area contributed by atoms with Crippen molar-refractivity contribution in [1.29, 1.82) is 0 Å². The molecule has 0 heterocycles. The summed E-state index contributed by atoms with van der Waals surface area (Å²) in [5, 5.41) is 0. The Labute approximate surface area is 94.3 Å². The summed E-state index contributed by atoms with van der Waals surface area (Å²) >= 11 is 0. The van der Waals surface area contributed by atoms with Crippen molar-refractivity contribution in [2.75, 3.05) is 7.11 Å². The second kappa shape index (κ2) is 4.93. The molecule has 0 aromatic carbocycles. The fourth-order valence-electron chi connectivity index (χ4n) is 1.71. The van der Waals surface area contributed by atoms with Crippen molar-refractivity contribution < 1.29 is 19.1 Å². The first-order valence-electron chi connectivity index (χ1n) is 5.14. The molecule has 0 unspecified atom stereocenters. The molecular formula is C12H14O4. The van der Waals surface area contributed by atoms with Gasteiger partial charge >= 0.3 is 5.97 Å². The van der Waals surface area contributed by atoms with Gasteiger partial charge in [-0.05, 0) is 13.3 Å². The lowest BCUT2D eigenvalue weighted by molar-refractivity contribution is -0.134. The van der Waals surface area contributed by atoms with Crippen molar-refractivity contribution in [1.82, 2.24) is 0 Å². The Bertz CT molecular complexity index is 368. The summed E-state index contributed by atoms with van der Waals surface area (Å²) in [6.45, 7) is 1.66. The maximum Gasteiger partial charge on any atom is 0.384 e. The lowest BCUT2D eigenvalue weighted by Gasteiger charge is -2.18. The normalized spacial score (nSPS) is 17.9. The van der Waals surface area contributed by atoms with Crippen LogP contribution in [-0.2, 0) is 19.1 Å². The minimum absolute atomic E-state index is 0.0163. The number of carbonyl (C=O) groups excluding carboxylic acids is 3. The molecule has 1 aliphatic carbocycles. The van der Waals surface area contributed by atoms with E-state index in [-0.39, 0.29) is 11.6 Å². The van der Waals surface area contributed by atoms with E-state index < -0.39 is 11.4 Å². The minimum Gasteiger partial charge on any atom is -0.459 e. The molecule has 0 radical (unpaired) electrons. The van der Waals surface area contributed by atoms with Gasteiger partial charge < -0.3 is 4.74 Å². The summed E-state index contributed by atoms with van der Waals surface area (Å²) in [5.74, 6) is 4.23. The molecule has 0 aromatic heterocycles. The van der Waals surface area contributed by atoms with Gasteiger partial charge in [-0.2, -0.15) is 0 Å². The minimum atomic E-state index is -0.884. The topological polar surface area (TPSA) is 60.4 Å². The Morgan fingerprint density at radius 2 is 1.94 bits per heavy atom. The molecule has 0 aromatic rings. The highest BCUT2D eigenvalue weighted by Gasteiger charge is 2.44. The molecule has 0 N–H and O–H groups in total. The molecule has 86 valence electrons. The van der Waals surface area contributed by atoms with E-state index >= 15 is 0 Å². The van der Waals surface area contributed by atoms with Gasteiger partial charge in [0, 0.05) is 25.2 Å². The first-order chi connectivity index (χ1) is 7.50. The molecule has 4 nitrogen and oxygen atoms in total. The van der Waals surface area contributed by atoms with E-state index in [4.69, 9.17) is 0 Å². The zero-order chi connectivity index (χ0) is 12.2. The van der Waals surface area contributed by atoms with Crippen LogP contribution in [0, 0.1) is 17.3 Å². The monoisotopic (exact) mass is 222 g/mol. The first-order valence-corrected chi connectivity index (χ1v) is 5.14. The Morgan fingerprint density at radius 3 is 2.44 bits per heavy atom. The average Bonchev–Trinajstić information content (AvgIpc) is 2.52. The van der Waals surface area contributed by atoms with Gasteiger partial charge in [0.25, 0.3) is 0 Å². The molecule has 0 amide bonds. The predicted molar refractivity (Wildman–Crippen MR) is 56.4 cm³/mol. The van der Waals surface area contributed by atoms with Crippen molar-refractivity contribution in [2.24, 2.45) is 5.41 Å². The van der Waals surface area contributed by atoms with Crippen molar-refractivity contribution in [3.63, 3.8) is 0 Å². The highest BCUT2D eigenvalue weighted by molar-refractivity contribution is 6.12. The number of esters is 1. The lowest BCUT2D eigenvalue weighted by atomic mass is 9.82. The summed E-state index contributed by atoms with van der Waals surface area (Å²) in [5.41, 5.74) is -0.884.